The number of rotatable bonds is 5. The van der Waals surface area contributed by atoms with Crippen molar-refractivity contribution < 1.29 is 9.53 Å². The zero-order chi connectivity index (χ0) is 18.5. The molecule has 0 spiro atoms. The second kappa shape index (κ2) is 8.24. The van der Waals surface area contributed by atoms with E-state index in [1.54, 1.807) is 24.7 Å². The number of amides is 1. The molecular formula is C19H19N5O2S. The van der Waals surface area contributed by atoms with E-state index in [1.807, 2.05) is 24.3 Å². The molecule has 27 heavy (non-hydrogen) atoms. The van der Waals surface area contributed by atoms with Crippen molar-refractivity contribution in [2.24, 2.45) is 0 Å². The topological polar surface area (TPSA) is 89.0 Å². The molecule has 0 radical (unpaired) electrons. The summed E-state index contributed by atoms with van der Waals surface area (Å²) < 4.78 is 10.2. The Hall–Kier alpha value is -2.84. The Balaban J connectivity index is 1.48. The first-order chi connectivity index (χ1) is 13.3. The molecule has 3 aromatic rings. The normalized spacial score (nSPS) is 14.7. The third kappa shape index (κ3) is 4.29. The lowest BCUT2D eigenvalue weighted by atomic mass is 10.1. The van der Waals surface area contributed by atoms with Crippen LogP contribution in [-0.4, -0.2) is 39.4 Å². The van der Waals surface area contributed by atoms with E-state index in [2.05, 4.69) is 25.0 Å². The van der Waals surface area contributed by atoms with E-state index in [0.29, 0.717) is 16.4 Å². The Morgan fingerprint density at radius 1 is 1.19 bits per heavy atom. The highest BCUT2D eigenvalue weighted by Gasteiger charge is 2.19. The van der Waals surface area contributed by atoms with Crippen molar-refractivity contribution in [1.29, 1.82) is 0 Å². The van der Waals surface area contributed by atoms with Crippen molar-refractivity contribution in [2.75, 3.05) is 18.4 Å². The van der Waals surface area contributed by atoms with Crippen LogP contribution < -0.4 is 15.4 Å². The predicted octanol–water partition coefficient (Wildman–Crippen LogP) is 2.98. The largest absolute Gasteiger partial charge is 0.478 e. The van der Waals surface area contributed by atoms with Crippen LogP contribution >= 0.6 is 11.5 Å². The number of ether oxygens (including phenoxy) is 1. The fraction of sp³-hybridized carbons (Fsp3) is 0.263. The van der Waals surface area contributed by atoms with Crippen LogP contribution in [0.25, 0.3) is 11.3 Å². The molecule has 4 heterocycles. The SMILES string of the molecule is O=C(Nc1cnsc1OC1CCNCC1)c1cccc(-c2ccncc2)n1. The quantitative estimate of drug-likeness (QED) is 0.706. The predicted molar refractivity (Wildman–Crippen MR) is 104 cm³/mol. The van der Waals surface area contributed by atoms with Gasteiger partial charge in [-0.3, -0.25) is 9.78 Å². The summed E-state index contributed by atoms with van der Waals surface area (Å²) in [6, 6.07) is 9.09. The molecular weight excluding hydrogens is 362 g/mol. The van der Waals surface area contributed by atoms with Gasteiger partial charge in [0, 0.05) is 29.5 Å². The van der Waals surface area contributed by atoms with Gasteiger partial charge in [0.1, 0.15) is 17.5 Å². The molecule has 1 fully saturated rings. The lowest BCUT2D eigenvalue weighted by Gasteiger charge is -2.23. The van der Waals surface area contributed by atoms with Crippen LogP contribution in [0.1, 0.15) is 23.3 Å². The van der Waals surface area contributed by atoms with Gasteiger partial charge >= 0.3 is 0 Å². The minimum absolute atomic E-state index is 0.149. The number of anilines is 1. The minimum atomic E-state index is -0.290. The summed E-state index contributed by atoms with van der Waals surface area (Å²) in [6.07, 6.45) is 7.06. The van der Waals surface area contributed by atoms with E-state index in [9.17, 15) is 4.79 Å². The van der Waals surface area contributed by atoms with Gasteiger partial charge in [-0.05, 0) is 50.2 Å². The Labute approximate surface area is 161 Å². The number of piperidine rings is 1. The first kappa shape index (κ1) is 17.6. The molecule has 1 aliphatic rings. The van der Waals surface area contributed by atoms with E-state index in [1.165, 1.54) is 11.5 Å². The molecule has 3 aromatic heterocycles. The monoisotopic (exact) mass is 381 g/mol. The zero-order valence-electron chi connectivity index (χ0n) is 14.6. The van der Waals surface area contributed by atoms with Gasteiger partial charge in [0.15, 0.2) is 0 Å². The summed E-state index contributed by atoms with van der Waals surface area (Å²) in [4.78, 5) is 21.1. The molecule has 4 rings (SSSR count). The molecule has 1 aliphatic heterocycles. The van der Waals surface area contributed by atoms with Crippen LogP contribution in [0.2, 0.25) is 0 Å². The van der Waals surface area contributed by atoms with Crippen LogP contribution in [0.3, 0.4) is 0 Å². The number of carbonyl (C=O) groups is 1. The third-order valence-corrected chi connectivity index (χ3v) is 5.00. The second-order valence-electron chi connectivity index (χ2n) is 6.19. The smallest absolute Gasteiger partial charge is 0.274 e. The molecule has 1 amide bonds. The van der Waals surface area contributed by atoms with Gasteiger partial charge in [0.25, 0.3) is 5.91 Å². The maximum absolute atomic E-state index is 12.7. The summed E-state index contributed by atoms with van der Waals surface area (Å²) in [7, 11) is 0. The number of carbonyl (C=O) groups excluding carboxylic acids is 1. The van der Waals surface area contributed by atoms with E-state index in [0.717, 1.165) is 37.2 Å². The Morgan fingerprint density at radius 2 is 2.00 bits per heavy atom. The average Bonchev–Trinajstić information content (AvgIpc) is 3.16. The summed E-state index contributed by atoms with van der Waals surface area (Å²) in [5.41, 5.74) is 2.55. The van der Waals surface area contributed by atoms with Crippen molar-refractivity contribution in [3.63, 3.8) is 0 Å². The fourth-order valence-electron chi connectivity index (χ4n) is 2.89. The van der Waals surface area contributed by atoms with Gasteiger partial charge in [-0.1, -0.05) is 6.07 Å². The fourth-order valence-corrected chi connectivity index (χ4v) is 3.53. The van der Waals surface area contributed by atoms with Crippen LogP contribution in [0.5, 0.6) is 5.06 Å². The molecule has 138 valence electrons. The Morgan fingerprint density at radius 3 is 2.81 bits per heavy atom. The van der Waals surface area contributed by atoms with Gasteiger partial charge in [-0.15, -0.1) is 0 Å². The zero-order valence-corrected chi connectivity index (χ0v) is 15.4. The number of hydrogen-bond acceptors (Lipinski definition) is 7. The molecule has 1 saturated heterocycles. The first-order valence-corrected chi connectivity index (χ1v) is 9.58. The second-order valence-corrected chi connectivity index (χ2v) is 6.96. The van der Waals surface area contributed by atoms with Gasteiger partial charge in [0.2, 0.25) is 5.06 Å². The van der Waals surface area contributed by atoms with E-state index in [-0.39, 0.29) is 12.0 Å². The summed E-state index contributed by atoms with van der Waals surface area (Å²) in [5.74, 6) is -0.290. The highest BCUT2D eigenvalue weighted by molar-refractivity contribution is 7.08. The third-order valence-electron chi connectivity index (χ3n) is 4.30. The van der Waals surface area contributed by atoms with Gasteiger partial charge in [-0.2, -0.15) is 4.37 Å². The number of aromatic nitrogens is 3. The van der Waals surface area contributed by atoms with Crippen LogP contribution in [0.15, 0.2) is 48.9 Å². The molecule has 7 nitrogen and oxygen atoms in total. The molecule has 0 aliphatic carbocycles. The van der Waals surface area contributed by atoms with Crippen molar-refractivity contribution in [2.45, 2.75) is 18.9 Å². The van der Waals surface area contributed by atoms with E-state index < -0.39 is 0 Å². The lowest BCUT2D eigenvalue weighted by Crippen LogP contribution is -2.34. The highest BCUT2D eigenvalue weighted by atomic mass is 32.1. The van der Waals surface area contributed by atoms with Crippen molar-refractivity contribution in [1.82, 2.24) is 19.7 Å². The highest BCUT2D eigenvalue weighted by Crippen LogP contribution is 2.31. The van der Waals surface area contributed by atoms with Gasteiger partial charge in [0.05, 0.1) is 11.9 Å². The number of hydrogen-bond donors (Lipinski definition) is 2. The van der Waals surface area contributed by atoms with E-state index in [4.69, 9.17) is 4.74 Å². The molecule has 0 atom stereocenters. The Bertz CT molecular complexity index is 909. The van der Waals surface area contributed by atoms with Crippen LogP contribution in [0.4, 0.5) is 5.69 Å². The van der Waals surface area contributed by atoms with Gasteiger partial charge < -0.3 is 15.4 Å². The van der Waals surface area contributed by atoms with E-state index >= 15 is 0 Å². The Kier molecular flexibility index (Phi) is 5.36. The maximum atomic E-state index is 12.7. The molecule has 8 heteroatoms. The summed E-state index contributed by atoms with van der Waals surface area (Å²) in [6.45, 7) is 1.88. The molecule has 0 aromatic carbocycles. The minimum Gasteiger partial charge on any atom is -0.478 e. The van der Waals surface area contributed by atoms with Crippen molar-refractivity contribution >= 4 is 23.1 Å². The summed E-state index contributed by atoms with van der Waals surface area (Å²) in [5, 5.41) is 6.82. The molecule has 0 bridgehead atoms. The first-order valence-electron chi connectivity index (χ1n) is 8.80. The molecule has 0 saturated carbocycles. The average molecular weight is 381 g/mol. The van der Waals surface area contributed by atoms with Crippen LogP contribution in [0, 0.1) is 0 Å². The lowest BCUT2D eigenvalue weighted by molar-refractivity contribution is 0.102. The standard InChI is InChI=1S/C19H19N5O2S/c25-18(16-3-1-2-15(23-16)13-4-8-20-9-5-13)24-17-12-22-27-19(17)26-14-6-10-21-11-7-14/h1-5,8-9,12,14,21H,6-7,10-11H2,(H,24,25). The van der Waals surface area contributed by atoms with Crippen molar-refractivity contribution in [3.8, 4) is 16.3 Å². The van der Waals surface area contributed by atoms with Gasteiger partial charge in [-0.25, -0.2) is 4.98 Å². The van der Waals surface area contributed by atoms with Crippen LogP contribution in [-0.2, 0) is 0 Å². The summed E-state index contributed by atoms with van der Waals surface area (Å²) >= 11 is 1.25. The number of pyridine rings is 2. The number of nitrogens with one attached hydrogen (secondary N) is 2. The molecule has 2 N–H and O–H groups in total. The maximum Gasteiger partial charge on any atom is 0.274 e. The number of nitrogens with zero attached hydrogens (tertiary/aromatic N) is 3. The van der Waals surface area contributed by atoms with Crippen molar-refractivity contribution in [3.05, 3.63) is 54.6 Å². The molecule has 0 unspecified atom stereocenters.